The Morgan fingerprint density at radius 2 is 2.17 bits per heavy atom. The van der Waals surface area contributed by atoms with E-state index in [2.05, 4.69) is 10.4 Å². The molecule has 0 atom stereocenters. The van der Waals surface area contributed by atoms with Gasteiger partial charge in [0.1, 0.15) is 5.82 Å². The lowest BCUT2D eigenvalue weighted by atomic mass is 10.1. The molecule has 1 aromatic heterocycles. The third-order valence-corrected chi connectivity index (χ3v) is 4.05. The second-order valence-electron chi connectivity index (χ2n) is 5.35. The summed E-state index contributed by atoms with van der Waals surface area (Å²) < 4.78 is 14.8. The van der Waals surface area contributed by atoms with Crippen LogP contribution < -0.4 is 11.1 Å². The molecule has 0 bridgehead atoms. The van der Waals surface area contributed by atoms with E-state index in [4.69, 9.17) is 17.3 Å². The summed E-state index contributed by atoms with van der Waals surface area (Å²) >= 11 is 5.95. The van der Waals surface area contributed by atoms with Crippen LogP contribution in [0.5, 0.6) is 0 Å². The Bertz CT molecular complexity index is 714. The molecule has 5 nitrogen and oxygen atoms in total. The normalized spacial score (nSPS) is 10.8. The first-order valence-electron chi connectivity index (χ1n) is 7.36. The number of carbonyl (C=O) groups is 1. The maximum Gasteiger partial charge on any atom is 0.224 e. The van der Waals surface area contributed by atoms with Gasteiger partial charge in [-0.25, -0.2) is 4.39 Å². The van der Waals surface area contributed by atoms with Crippen LogP contribution in [0.25, 0.3) is 0 Å². The Labute approximate surface area is 139 Å². The van der Waals surface area contributed by atoms with Gasteiger partial charge in [-0.1, -0.05) is 17.7 Å². The average molecular weight is 339 g/mol. The Kier molecular flexibility index (Phi) is 5.74. The van der Waals surface area contributed by atoms with Crippen molar-refractivity contribution in [1.82, 2.24) is 15.1 Å². The molecule has 23 heavy (non-hydrogen) atoms. The molecule has 0 saturated heterocycles. The van der Waals surface area contributed by atoms with E-state index >= 15 is 0 Å². The maximum absolute atomic E-state index is 13.0. The lowest BCUT2D eigenvalue weighted by Gasteiger charge is -2.08. The highest BCUT2D eigenvalue weighted by Crippen LogP contribution is 2.17. The molecule has 1 aromatic carbocycles. The zero-order valence-corrected chi connectivity index (χ0v) is 14.0. The summed E-state index contributed by atoms with van der Waals surface area (Å²) in [7, 11) is 0. The number of amides is 1. The molecule has 0 fully saturated rings. The Morgan fingerprint density at radius 1 is 1.43 bits per heavy atom. The molecule has 0 aliphatic carbocycles. The highest BCUT2D eigenvalue weighted by Gasteiger charge is 2.15. The first kappa shape index (κ1) is 17.4. The minimum Gasteiger partial charge on any atom is -0.352 e. The molecule has 1 heterocycles. The molecule has 2 rings (SSSR count). The SMILES string of the molecule is Cc1nn(CCN)c(C)c1CC(=O)NCc1ccc(F)cc1Cl. The number of nitrogens with one attached hydrogen (secondary N) is 1. The standard InChI is InChI=1S/C16H20ClFN4O/c1-10-14(11(2)22(21-10)6-5-19)8-16(23)20-9-12-3-4-13(18)7-15(12)17/h3-4,7H,5-6,8-9,19H2,1-2H3,(H,20,23). The molecule has 0 unspecified atom stereocenters. The fourth-order valence-corrected chi connectivity index (χ4v) is 2.65. The van der Waals surface area contributed by atoms with E-state index in [9.17, 15) is 9.18 Å². The summed E-state index contributed by atoms with van der Waals surface area (Å²) in [6.07, 6.45) is 0.237. The fourth-order valence-electron chi connectivity index (χ4n) is 2.41. The summed E-state index contributed by atoms with van der Waals surface area (Å²) in [6.45, 7) is 5.18. The van der Waals surface area contributed by atoms with E-state index in [-0.39, 0.29) is 18.9 Å². The lowest BCUT2D eigenvalue weighted by molar-refractivity contribution is -0.120. The van der Waals surface area contributed by atoms with Crippen molar-refractivity contribution < 1.29 is 9.18 Å². The highest BCUT2D eigenvalue weighted by atomic mass is 35.5. The van der Waals surface area contributed by atoms with Crippen molar-refractivity contribution in [1.29, 1.82) is 0 Å². The van der Waals surface area contributed by atoms with Crippen LogP contribution in [0.1, 0.15) is 22.5 Å². The van der Waals surface area contributed by atoms with Gasteiger partial charge in [0, 0.05) is 29.4 Å². The molecule has 3 N–H and O–H groups in total. The van der Waals surface area contributed by atoms with Gasteiger partial charge in [0.05, 0.1) is 18.7 Å². The lowest BCUT2D eigenvalue weighted by Crippen LogP contribution is -2.25. The molecule has 0 saturated carbocycles. The van der Waals surface area contributed by atoms with E-state index in [0.29, 0.717) is 23.7 Å². The average Bonchev–Trinajstić information content (AvgIpc) is 2.74. The maximum atomic E-state index is 13.0. The Hall–Kier alpha value is -1.92. The van der Waals surface area contributed by atoms with E-state index in [1.165, 1.54) is 12.1 Å². The predicted octanol–water partition coefficient (Wildman–Crippen LogP) is 2.11. The van der Waals surface area contributed by atoms with Crippen LogP contribution in [-0.2, 0) is 24.3 Å². The summed E-state index contributed by atoms with van der Waals surface area (Å²) in [4.78, 5) is 12.1. The van der Waals surface area contributed by atoms with Gasteiger partial charge in [-0.15, -0.1) is 0 Å². The van der Waals surface area contributed by atoms with Gasteiger partial charge >= 0.3 is 0 Å². The summed E-state index contributed by atoms with van der Waals surface area (Å²) in [5, 5.41) is 7.48. The van der Waals surface area contributed by atoms with E-state index in [1.807, 2.05) is 18.5 Å². The number of aromatic nitrogens is 2. The van der Waals surface area contributed by atoms with Gasteiger partial charge in [0.2, 0.25) is 5.91 Å². The number of hydrogen-bond acceptors (Lipinski definition) is 3. The van der Waals surface area contributed by atoms with Crippen molar-refractivity contribution in [3.8, 4) is 0 Å². The second kappa shape index (κ2) is 7.57. The highest BCUT2D eigenvalue weighted by molar-refractivity contribution is 6.31. The van der Waals surface area contributed by atoms with Crippen LogP contribution in [0.4, 0.5) is 4.39 Å². The van der Waals surface area contributed by atoms with E-state index < -0.39 is 5.82 Å². The minimum absolute atomic E-state index is 0.135. The minimum atomic E-state index is -0.399. The van der Waals surface area contributed by atoms with Crippen molar-refractivity contribution in [3.05, 3.63) is 51.6 Å². The largest absolute Gasteiger partial charge is 0.352 e. The Morgan fingerprint density at radius 3 is 2.83 bits per heavy atom. The molecule has 0 aliphatic heterocycles. The van der Waals surface area contributed by atoms with Crippen LogP contribution in [0.3, 0.4) is 0 Å². The number of nitrogens with two attached hydrogens (primary N) is 1. The number of carbonyl (C=O) groups excluding carboxylic acids is 1. The molecule has 124 valence electrons. The van der Waals surface area contributed by atoms with Crippen LogP contribution in [-0.4, -0.2) is 22.2 Å². The monoisotopic (exact) mass is 338 g/mol. The Balaban J connectivity index is 2.00. The number of nitrogens with zero attached hydrogens (tertiary/aromatic N) is 2. The van der Waals surface area contributed by atoms with Gasteiger partial charge in [0.25, 0.3) is 0 Å². The third-order valence-electron chi connectivity index (χ3n) is 3.70. The van der Waals surface area contributed by atoms with Gasteiger partial charge in [-0.3, -0.25) is 9.48 Å². The second-order valence-corrected chi connectivity index (χ2v) is 5.76. The zero-order valence-electron chi connectivity index (χ0n) is 13.2. The van der Waals surface area contributed by atoms with Crippen molar-refractivity contribution in [2.75, 3.05) is 6.54 Å². The van der Waals surface area contributed by atoms with Crippen molar-refractivity contribution in [2.45, 2.75) is 33.4 Å². The van der Waals surface area contributed by atoms with Crippen LogP contribution >= 0.6 is 11.6 Å². The number of hydrogen-bond donors (Lipinski definition) is 2. The van der Waals surface area contributed by atoms with Gasteiger partial charge in [-0.2, -0.15) is 5.10 Å². The van der Waals surface area contributed by atoms with Crippen LogP contribution in [0, 0.1) is 19.7 Å². The number of halogens is 2. The van der Waals surface area contributed by atoms with Crippen molar-refractivity contribution >= 4 is 17.5 Å². The van der Waals surface area contributed by atoms with Crippen molar-refractivity contribution in [3.63, 3.8) is 0 Å². The molecule has 1 amide bonds. The first-order chi connectivity index (χ1) is 10.9. The quantitative estimate of drug-likeness (QED) is 0.847. The topological polar surface area (TPSA) is 72.9 Å². The smallest absolute Gasteiger partial charge is 0.224 e. The summed E-state index contributed by atoms with van der Waals surface area (Å²) in [5.41, 5.74) is 8.90. The number of rotatable bonds is 6. The van der Waals surface area contributed by atoms with Gasteiger partial charge in [-0.05, 0) is 31.5 Å². The molecule has 2 aromatic rings. The van der Waals surface area contributed by atoms with Gasteiger partial charge in [0.15, 0.2) is 0 Å². The summed E-state index contributed by atoms with van der Waals surface area (Å²) in [5.74, 6) is -0.535. The summed E-state index contributed by atoms with van der Waals surface area (Å²) in [6, 6.07) is 4.11. The van der Waals surface area contributed by atoms with Gasteiger partial charge < -0.3 is 11.1 Å². The number of benzene rings is 1. The fraction of sp³-hybridized carbons (Fsp3) is 0.375. The van der Waals surface area contributed by atoms with E-state index in [0.717, 1.165) is 17.0 Å². The molecule has 0 spiro atoms. The zero-order chi connectivity index (χ0) is 17.0. The van der Waals surface area contributed by atoms with E-state index in [1.54, 1.807) is 6.07 Å². The van der Waals surface area contributed by atoms with Crippen LogP contribution in [0.15, 0.2) is 18.2 Å². The molecular formula is C16H20ClFN4O. The molecule has 0 aliphatic rings. The third kappa shape index (κ3) is 4.30. The predicted molar refractivity (Wildman–Crippen MR) is 87.7 cm³/mol. The first-order valence-corrected chi connectivity index (χ1v) is 7.73. The molecule has 7 heteroatoms. The number of aryl methyl sites for hydroxylation is 1. The molecule has 0 radical (unpaired) electrons. The molecular weight excluding hydrogens is 319 g/mol. The van der Waals surface area contributed by atoms with Crippen LogP contribution in [0.2, 0.25) is 5.02 Å². The van der Waals surface area contributed by atoms with Crippen molar-refractivity contribution in [2.24, 2.45) is 5.73 Å².